The highest BCUT2D eigenvalue weighted by molar-refractivity contribution is 7.15. The van der Waals surface area contributed by atoms with Crippen molar-refractivity contribution in [3.63, 3.8) is 0 Å². The summed E-state index contributed by atoms with van der Waals surface area (Å²) in [6.07, 6.45) is 0. The van der Waals surface area contributed by atoms with Gasteiger partial charge in [0.2, 0.25) is 5.13 Å². The molecule has 0 radical (unpaired) electrons. The number of hydrogen-bond acceptors (Lipinski definition) is 5. The van der Waals surface area contributed by atoms with Gasteiger partial charge >= 0.3 is 6.03 Å². The lowest BCUT2D eigenvalue weighted by Gasteiger charge is -2.13. The molecule has 0 saturated heterocycles. The molecule has 1 heterocycles. The van der Waals surface area contributed by atoms with Crippen LogP contribution in [0, 0.1) is 6.92 Å². The molecule has 0 aliphatic heterocycles. The van der Waals surface area contributed by atoms with Gasteiger partial charge in [-0.3, -0.25) is 5.32 Å². The summed E-state index contributed by atoms with van der Waals surface area (Å²) in [7, 11) is 0. The van der Waals surface area contributed by atoms with Crippen molar-refractivity contribution in [3.05, 3.63) is 63.6 Å². The Bertz CT molecular complexity index is 974. The second kappa shape index (κ2) is 9.03. The van der Waals surface area contributed by atoms with Crippen molar-refractivity contribution in [2.24, 2.45) is 0 Å². The van der Waals surface area contributed by atoms with E-state index in [2.05, 4.69) is 46.8 Å². The number of hydrogen-bond donors (Lipinski definition) is 2. The molecular weight excluding hydrogens is 396 g/mol. The number of carbonyl (C=O) groups is 1. The van der Waals surface area contributed by atoms with Crippen LogP contribution in [0.3, 0.4) is 0 Å². The molecule has 3 rings (SSSR count). The molecule has 2 aromatic carbocycles. The molecule has 0 spiro atoms. The molecule has 0 fully saturated rings. The van der Waals surface area contributed by atoms with Gasteiger partial charge in [0, 0.05) is 10.7 Å². The van der Waals surface area contributed by atoms with E-state index in [-0.39, 0.29) is 0 Å². The van der Waals surface area contributed by atoms with Crippen molar-refractivity contribution in [1.82, 2.24) is 10.2 Å². The summed E-state index contributed by atoms with van der Waals surface area (Å²) in [5.74, 6) is 1.20. The van der Waals surface area contributed by atoms with E-state index in [1.165, 1.54) is 11.3 Å². The largest absolute Gasteiger partial charge is 0.486 e. The Morgan fingerprint density at radius 1 is 1.18 bits per heavy atom. The number of nitrogens with zero attached hydrogens (tertiary/aromatic N) is 2. The fourth-order valence-corrected chi connectivity index (χ4v) is 3.41. The van der Waals surface area contributed by atoms with Crippen molar-refractivity contribution >= 4 is 39.8 Å². The zero-order valence-electron chi connectivity index (χ0n) is 15.8. The number of benzene rings is 2. The summed E-state index contributed by atoms with van der Waals surface area (Å²) >= 11 is 7.18. The Morgan fingerprint density at radius 2 is 2.00 bits per heavy atom. The molecule has 8 heteroatoms. The van der Waals surface area contributed by atoms with E-state index in [9.17, 15) is 4.79 Å². The summed E-state index contributed by atoms with van der Waals surface area (Å²) < 4.78 is 5.96. The van der Waals surface area contributed by atoms with E-state index in [0.717, 1.165) is 16.9 Å². The fourth-order valence-electron chi connectivity index (χ4n) is 2.57. The summed E-state index contributed by atoms with van der Waals surface area (Å²) in [6.45, 7) is 6.58. The van der Waals surface area contributed by atoms with E-state index in [1.807, 2.05) is 13.0 Å². The molecule has 0 bridgehead atoms. The number of aryl methyl sites for hydroxylation is 1. The topological polar surface area (TPSA) is 76.1 Å². The molecule has 6 nitrogen and oxygen atoms in total. The standard InChI is InChI=1S/C20H21ClN4O2S/c1-12(2)16-8-7-13(3)9-17(16)27-11-18-24-25-20(28-18)23-19(26)22-15-6-4-5-14(21)10-15/h4-10,12H,11H2,1-3H3,(H2,22,23,25,26). The third-order valence-electron chi connectivity index (χ3n) is 3.91. The van der Waals surface area contributed by atoms with Crippen LogP contribution in [0.2, 0.25) is 5.02 Å². The van der Waals surface area contributed by atoms with Gasteiger partial charge in [-0.05, 0) is 48.2 Å². The van der Waals surface area contributed by atoms with Crippen LogP contribution in [0.5, 0.6) is 5.75 Å². The van der Waals surface area contributed by atoms with Gasteiger partial charge in [0.1, 0.15) is 12.4 Å². The Hall–Kier alpha value is -2.64. The first-order valence-corrected chi connectivity index (χ1v) is 9.99. The molecule has 28 heavy (non-hydrogen) atoms. The van der Waals surface area contributed by atoms with Crippen LogP contribution in [0.25, 0.3) is 0 Å². The molecule has 0 aliphatic carbocycles. The molecule has 0 atom stereocenters. The van der Waals surface area contributed by atoms with E-state index in [1.54, 1.807) is 24.3 Å². The second-order valence-electron chi connectivity index (χ2n) is 6.58. The van der Waals surface area contributed by atoms with Crippen LogP contribution in [0.4, 0.5) is 15.6 Å². The third kappa shape index (κ3) is 5.43. The van der Waals surface area contributed by atoms with Crippen LogP contribution >= 0.6 is 22.9 Å². The number of aromatic nitrogens is 2. The normalized spacial score (nSPS) is 10.8. The van der Waals surface area contributed by atoms with E-state index < -0.39 is 6.03 Å². The zero-order chi connectivity index (χ0) is 20.1. The predicted molar refractivity (Wildman–Crippen MR) is 114 cm³/mol. The Kier molecular flexibility index (Phi) is 6.49. The number of nitrogens with one attached hydrogen (secondary N) is 2. The quantitative estimate of drug-likeness (QED) is 0.528. The van der Waals surface area contributed by atoms with E-state index >= 15 is 0 Å². The minimum Gasteiger partial charge on any atom is -0.486 e. The molecule has 0 unspecified atom stereocenters. The van der Waals surface area contributed by atoms with Gasteiger partial charge in [-0.1, -0.05) is 55.0 Å². The summed E-state index contributed by atoms with van der Waals surface area (Å²) in [4.78, 5) is 12.1. The lowest BCUT2D eigenvalue weighted by Crippen LogP contribution is -2.19. The van der Waals surface area contributed by atoms with Crippen molar-refractivity contribution in [1.29, 1.82) is 0 Å². The van der Waals surface area contributed by atoms with Crippen LogP contribution in [0.1, 0.15) is 35.9 Å². The van der Waals surface area contributed by atoms with Gasteiger partial charge in [0.15, 0.2) is 5.01 Å². The zero-order valence-corrected chi connectivity index (χ0v) is 17.4. The van der Waals surface area contributed by atoms with Crippen LogP contribution in [0.15, 0.2) is 42.5 Å². The smallest absolute Gasteiger partial charge is 0.325 e. The van der Waals surface area contributed by atoms with Crippen molar-refractivity contribution in [2.45, 2.75) is 33.3 Å². The van der Waals surface area contributed by atoms with Crippen molar-refractivity contribution < 1.29 is 9.53 Å². The number of urea groups is 1. The third-order valence-corrected chi connectivity index (χ3v) is 4.96. The fraction of sp³-hybridized carbons (Fsp3) is 0.250. The number of halogens is 1. The van der Waals surface area contributed by atoms with E-state index in [4.69, 9.17) is 16.3 Å². The van der Waals surface area contributed by atoms with Gasteiger partial charge < -0.3 is 10.1 Å². The van der Waals surface area contributed by atoms with Crippen molar-refractivity contribution in [2.75, 3.05) is 10.6 Å². The summed E-state index contributed by atoms with van der Waals surface area (Å²) in [5, 5.41) is 15.1. The Balaban J connectivity index is 1.59. The minimum absolute atomic E-state index is 0.290. The lowest BCUT2D eigenvalue weighted by molar-refractivity contribution is 0.262. The maximum Gasteiger partial charge on any atom is 0.325 e. The Morgan fingerprint density at radius 3 is 2.75 bits per heavy atom. The lowest BCUT2D eigenvalue weighted by atomic mass is 10.0. The SMILES string of the molecule is Cc1ccc(C(C)C)c(OCc2nnc(NC(=O)Nc3cccc(Cl)c3)s2)c1. The predicted octanol–water partition coefficient (Wildman–Crippen LogP) is 5.85. The molecule has 1 aromatic heterocycles. The Labute approximate surface area is 172 Å². The number of amides is 2. The molecule has 0 saturated carbocycles. The summed E-state index contributed by atoms with van der Waals surface area (Å²) in [6, 6.07) is 12.7. The average Bonchev–Trinajstić information content (AvgIpc) is 3.07. The van der Waals surface area contributed by atoms with Gasteiger partial charge in [0.05, 0.1) is 0 Å². The van der Waals surface area contributed by atoms with Crippen LogP contribution in [-0.2, 0) is 6.61 Å². The number of carbonyl (C=O) groups excluding carboxylic acids is 1. The van der Waals surface area contributed by atoms with E-state index in [0.29, 0.717) is 33.4 Å². The highest BCUT2D eigenvalue weighted by Crippen LogP contribution is 2.28. The van der Waals surface area contributed by atoms with Gasteiger partial charge in [0.25, 0.3) is 0 Å². The molecule has 146 valence electrons. The molecule has 3 aromatic rings. The van der Waals surface area contributed by atoms with Crippen LogP contribution in [-0.4, -0.2) is 16.2 Å². The maximum absolute atomic E-state index is 12.1. The number of rotatable bonds is 6. The highest BCUT2D eigenvalue weighted by atomic mass is 35.5. The summed E-state index contributed by atoms with van der Waals surface area (Å²) in [5.41, 5.74) is 2.88. The molecule has 0 aliphatic rings. The van der Waals surface area contributed by atoms with Gasteiger partial charge in [-0.2, -0.15) is 0 Å². The first-order valence-electron chi connectivity index (χ1n) is 8.80. The monoisotopic (exact) mass is 416 g/mol. The van der Waals surface area contributed by atoms with Gasteiger partial charge in [-0.25, -0.2) is 4.79 Å². The van der Waals surface area contributed by atoms with Gasteiger partial charge in [-0.15, -0.1) is 10.2 Å². The first kappa shape index (κ1) is 20.1. The number of anilines is 2. The molecule has 2 N–H and O–H groups in total. The second-order valence-corrected chi connectivity index (χ2v) is 8.07. The highest BCUT2D eigenvalue weighted by Gasteiger charge is 2.12. The molecule has 2 amide bonds. The number of ether oxygens (including phenoxy) is 1. The maximum atomic E-state index is 12.1. The average molecular weight is 417 g/mol. The van der Waals surface area contributed by atoms with Crippen molar-refractivity contribution in [3.8, 4) is 5.75 Å². The molecular formula is C20H21ClN4O2S. The first-order chi connectivity index (χ1) is 13.4. The minimum atomic E-state index is -0.410. The van der Waals surface area contributed by atoms with Crippen LogP contribution < -0.4 is 15.4 Å².